The first-order valence-electron chi connectivity index (χ1n) is 13.5. The van der Waals surface area contributed by atoms with E-state index in [4.69, 9.17) is 9.47 Å². The first kappa shape index (κ1) is 32.4. The molecule has 1 saturated heterocycles. The van der Waals surface area contributed by atoms with E-state index in [1.165, 1.54) is 11.0 Å². The third-order valence-corrected chi connectivity index (χ3v) is 6.14. The Balaban J connectivity index is 2.78. The second-order valence-electron chi connectivity index (χ2n) is 8.87. The zero-order valence-corrected chi connectivity index (χ0v) is 24.1. The third kappa shape index (κ3) is 9.75. The van der Waals surface area contributed by atoms with E-state index >= 15 is 0 Å². The van der Waals surface area contributed by atoms with Crippen LogP contribution in [0.5, 0.6) is 0 Å². The maximum absolute atomic E-state index is 12.8. The van der Waals surface area contributed by atoms with Gasteiger partial charge in [0.2, 0.25) is 6.41 Å². The number of amidine groups is 1. The van der Waals surface area contributed by atoms with E-state index < -0.39 is 6.10 Å². The summed E-state index contributed by atoms with van der Waals surface area (Å²) >= 11 is 0. The summed E-state index contributed by atoms with van der Waals surface area (Å²) in [5.41, 5.74) is 2.61. The first-order chi connectivity index (χ1) is 19.5. The predicted octanol–water partition coefficient (Wildman–Crippen LogP) is 3.72. The largest absolute Gasteiger partial charge is 0.379 e. The quantitative estimate of drug-likeness (QED) is 0.107. The number of benzene rings is 1. The van der Waals surface area contributed by atoms with Crippen molar-refractivity contribution < 1.29 is 19.1 Å². The second-order valence-corrected chi connectivity index (χ2v) is 8.87. The van der Waals surface area contributed by atoms with E-state index in [0.717, 1.165) is 31.6 Å². The molecule has 0 aromatic heterocycles. The number of carbonyl (C=O) groups excluding carboxylic acids is 2. The average molecular weight is 550 g/mol. The number of hydrogen-bond acceptors (Lipinski definition) is 7. The van der Waals surface area contributed by atoms with Crippen molar-refractivity contribution in [3.8, 4) is 0 Å². The molecule has 0 bridgehead atoms. The van der Waals surface area contributed by atoms with Crippen molar-refractivity contribution in [1.82, 2.24) is 20.4 Å². The Bertz CT molecular complexity index is 1100. The Morgan fingerprint density at radius 2 is 1.95 bits per heavy atom. The summed E-state index contributed by atoms with van der Waals surface area (Å²) in [5, 5.41) is 6.79. The van der Waals surface area contributed by atoms with Gasteiger partial charge in [-0.15, -0.1) is 0 Å². The van der Waals surface area contributed by atoms with Crippen LogP contribution in [0.2, 0.25) is 0 Å². The fourth-order valence-electron chi connectivity index (χ4n) is 4.29. The van der Waals surface area contributed by atoms with Crippen LogP contribution in [-0.4, -0.2) is 81.4 Å². The Hall–Kier alpha value is -3.79. The molecule has 0 saturated carbocycles. The van der Waals surface area contributed by atoms with Crippen LogP contribution >= 0.6 is 0 Å². The molecule has 9 heteroatoms. The minimum absolute atomic E-state index is 0.401. The predicted molar refractivity (Wildman–Crippen MR) is 160 cm³/mol. The molecule has 1 amide bonds. The van der Waals surface area contributed by atoms with Gasteiger partial charge in [0, 0.05) is 51.2 Å². The molecule has 1 fully saturated rings. The first-order valence-corrected chi connectivity index (χ1v) is 13.5. The van der Waals surface area contributed by atoms with Gasteiger partial charge in [0.15, 0.2) is 0 Å². The monoisotopic (exact) mass is 549 g/mol. The van der Waals surface area contributed by atoms with Gasteiger partial charge in [-0.1, -0.05) is 49.1 Å². The standard InChI is InChI=1S/C31H43N5O4/c1-6-12-27(13-7-2)36(24-38)31(34-25(4)16-21-37)28(29(40-8-3)26-14-10-9-11-15-26)30(32-5)33-17-18-35-19-22-39-23-20-35/h6-7,9-16,21,24,29,34H,1,8,17-20,22-23H2,2-5H3,(H,32,33)/b13-7-,25-16+,27-12+,31-28-. The van der Waals surface area contributed by atoms with E-state index in [2.05, 4.69) is 27.1 Å². The maximum Gasteiger partial charge on any atom is 0.219 e. The van der Waals surface area contributed by atoms with Crippen molar-refractivity contribution >= 4 is 18.5 Å². The molecule has 1 heterocycles. The van der Waals surface area contributed by atoms with E-state index in [-0.39, 0.29) is 0 Å². The summed E-state index contributed by atoms with van der Waals surface area (Å²) in [7, 11) is 1.70. The number of aldehydes is 1. The highest BCUT2D eigenvalue weighted by Gasteiger charge is 2.29. The Morgan fingerprint density at radius 3 is 2.52 bits per heavy atom. The minimum atomic E-state index is -0.592. The molecule has 9 nitrogen and oxygen atoms in total. The molecule has 0 radical (unpaired) electrons. The lowest BCUT2D eigenvalue weighted by Crippen LogP contribution is -2.43. The second kappa shape index (κ2) is 18.5. The number of morpholine rings is 1. The Morgan fingerprint density at radius 1 is 1.23 bits per heavy atom. The number of carbonyl (C=O) groups is 2. The van der Waals surface area contributed by atoms with Gasteiger partial charge >= 0.3 is 0 Å². The average Bonchev–Trinajstić information content (AvgIpc) is 2.97. The van der Waals surface area contributed by atoms with E-state index in [0.29, 0.717) is 61.3 Å². The molecule has 0 aliphatic carbocycles. The van der Waals surface area contributed by atoms with Crippen molar-refractivity contribution in [1.29, 1.82) is 0 Å². The van der Waals surface area contributed by atoms with Gasteiger partial charge in [-0.2, -0.15) is 0 Å². The van der Waals surface area contributed by atoms with Crippen molar-refractivity contribution in [3.05, 3.63) is 95.6 Å². The summed E-state index contributed by atoms with van der Waals surface area (Å²) in [6.07, 6.45) is 9.23. The maximum atomic E-state index is 12.8. The lowest BCUT2D eigenvalue weighted by atomic mass is 9.98. The molecule has 1 aliphatic heterocycles. The highest BCUT2D eigenvalue weighted by Crippen LogP contribution is 2.31. The van der Waals surface area contributed by atoms with Gasteiger partial charge in [0.25, 0.3) is 0 Å². The molecule has 1 atom stereocenters. The molecular formula is C31H43N5O4. The van der Waals surface area contributed by atoms with Crippen LogP contribution < -0.4 is 10.6 Å². The molecule has 2 rings (SSSR count). The molecular weight excluding hydrogens is 506 g/mol. The number of allylic oxidation sites excluding steroid dienone is 6. The molecule has 1 unspecified atom stereocenters. The van der Waals surface area contributed by atoms with Crippen LogP contribution in [0.1, 0.15) is 32.4 Å². The van der Waals surface area contributed by atoms with Crippen molar-refractivity contribution in [2.45, 2.75) is 26.9 Å². The van der Waals surface area contributed by atoms with Gasteiger partial charge in [0.05, 0.1) is 18.8 Å². The molecule has 1 aliphatic rings. The minimum Gasteiger partial charge on any atom is -0.379 e. The van der Waals surface area contributed by atoms with Gasteiger partial charge in [0.1, 0.15) is 24.0 Å². The van der Waals surface area contributed by atoms with Crippen LogP contribution in [0, 0.1) is 0 Å². The molecule has 216 valence electrons. The van der Waals surface area contributed by atoms with Gasteiger partial charge < -0.3 is 20.1 Å². The molecule has 1 aromatic carbocycles. The van der Waals surface area contributed by atoms with E-state index in [9.17, 15) is 9.59 Å². The number of rotatable bonds is 16. The SMILES string of the molecule is C=C/C=C(\C=C/C)N(C=O)/C(N/C(C)=C/C=O)=C(\C(=NC)NCCN1CCOCC1)C(OCC)c1ccccc1. The zero-order chi connectivity index (χ0) is 29.2. The summed E-state index contributed by atoms with van der Waals surface area (Å²) in [6, 6.07) is 9.78. The molecule has 1 aromatic rings. The van der Waals surface area contributed by atoms with Crippen LogP contribution in [0.25, 0.3) is 0 Å². The van der Waals surface area contributed by atoms with Crippen LogP contribution in [0.4, 0.5) is 0 Å². The topological polar surface area (TPSA) is 95.5 Å². The summed E-state index contributed by atoms with van der Waals surface area (Å²) in [4.78, 5) is 32.6. The van der Waals surface area contributed by atoms with Gasteiger partial charge in [-0.25, -0.2) is 0 Å². The third-order valence-electron chi connectivity index (χ3n) is 6.14. The number of amides is 1. The highest BCUT2D eigenvalue weighted by atomic mass is 16.5. The lowest BCUT2D eigenvalue weighted by molar-refractivity contribution is -0.115. The fraction of sp³-hybridized carbons (Fsp3) is 0.387. The van der Waals surface area contributed by atoms with Crippen LogP contribution in [-0.2, 0) is 19.1 Å². The Labute approximate surface area is 238 Å². The number of nitrogens with zero attached hydrogens (tertiary/aromatic N) is 3. The van der Waals surface area contributed by atoms with Crippen LogP contribution in [0.3, 0.4) is 0 Å². The van der Waals surface area contributed by atoms with Gasteiger partial charge in [-0.05, 0) is 44.6 Å². The summed E-state index contributed by atoms with van der Waals surface area (Å²) in [5.74, 6) is 0.959. The normalized spacial score (nSPS) is 16.8. The van der Waals surface area contributed by atoms with E-state index in [1.54, 1.807) is 32.2 Å². The van der Waals surface area contributed by atoms with Crippen molar-refractivity contribution in [3.63, 3.8) is 0 Å². The zero-order valence-electron chi connectivity index (χ0n) is 24.1. The smallest absolute Gasteiger partial charge is 0.219 e. The van der Waals surface area contributed by atoms with Crippen molar-refractivity contribution in [2.75, 3.05) is 53.0 Å². The number of nitrogens with one attached hydrogen (secondary N) is 2. The van der Waals surface area contributed by atoms with E-state index in [1.807, 2.05) is 50.3 Å². The summed E-state index contributed by atoms with van der Waals surface area (Å²) in [6.45, 7) is 14.4. The fourth-order valence-corrected chi connectivity index (χ4v) is 4.29. The number of aliphatic imine (C=N–C) groups is 1. The van der Waals surface area contributed by atoms with Crippen molar-refractivity contribution in [2.24, 2.45) is 4.99 Å². The molecule has 2 N–H and O–H groups in total. The Kier molecular flexibility index (Phi) is 15.0. The number of hydrogen-bond donors (Lipinski definition) is 2. The highest BCUT2D eigenvalue weighted by molar-refractivity contribution is 6.00. The summed E-state index contributed by atoms with van der Waals surface area (Å²) < 4.78 is 11.8. The lowest BCUT2D eigenvalue weighted by Gasteiger charge is -2.32. The molecule has 0 spiro atoms. The van der Waals surface area contributed by atoms with Gasteiger partial charge in [-0.3, -0.25) is 24.4 Å². The molecule has 40 heavy (non-hydrogen) atoms. The number of ether oxygens (including phenoxy) is 2. The van der Waals surface area contributed by atoms with Crippen LogP contribution in [0.15, 0.2) is 95.1 Å².